The molecule has 3 rings (SSSR count). The summed E-state index contributed by atoms with van der Waals surface area (Å²) in [6.45, 7) is 2.06. The third kappa shape index (κ3) is 4.10. The number of hydrogen-bond acceptors (Lipinski definition) is 2. The van der Waals surface area contributed by atoms with Crippen molar-refractivity contribution < 1.29 is 4.79 Å². The lowest BCUT2D eigenvalue weighted by atomic mass is 9.94. The minimum Gasteiger partial charge on any atom is -0.290 e. The van der Waals surface area contributed by atoms with Gasteiger partial charge in [-0.05, 0) is 43.5 Å². The number of hydrogen-bond donors (Lipinski definition) is 0. The van der Waals surface area contributed by atoms with Gasteiger partial charge < -0.3 is 0 Å². The fraction of sp³-hybridized carbons (Fsp3) is 0.333. The topological polar surface area (TPSA) is 33.2 Å². The predicted molar refractivity (Wildman–Crippen MR) is 98.8 cm³/mol. The fourth-order valence-corrected chi connectivity index (χ4v) is 3.34. The van der Waals surface area contributed by atoms with E-state index >= 15 is 0 Å². The van der Waals surface area contributed by atoms with Crippen LogP contribution in [0.15, 0.2) is 54.7 Å². The first-order valence-electron chi connectivity index (χ1n) is 8.73. The average molecular weight is 320 g/mol. The summed E-state index contributed by atoms with van der Waals surface area (Å²) in [7, 11) is 0. The molecule has 24 heavy (non-hydrogen) atoms. The van der Waals surface area contributed by atoms with Crippen molar-refractivity contribution in [1.29, 1.82) is 0 Å². The van der Waals surface area contributed by atoms with E-state index in [1.54, 1.807) is 12.3 Å². The van der Waals surface area contributed by atoms with Crippen LogP contribution in [0.3, 0.4) is 0 Å². The summed E-state index contributed by atoms with van der Waals surface area (Å²) in [4.78, 5) is 19.2. The largest absolute Gasteiger partial charge is 0.290 e. The lowest BCUT2D eigenvalue weighted by Crippen LogP contribution is -2.41. The highest BCUT2D eigenvalue weighted by atomic mass is 16.2. The minimum absolute atomic E-state index is 0.0158. The third-order valence-corrected chi connectivity index (χ3v) is 4.53. The molecule has 0 radical (unpaired) electrons. The Morgan fingerprint density at radius 3 is 2.67 bits per heavy atom. The van der Waals surface area contributed by atoms with Gasteiger partial charge in [-0.1, -0.05) is 55.2 Å². The molecule has 1 amide bonds. The Morgan fingerprint density at radius 1 is 1.12 bits per heavy atom. The van der Waals surface area contributed by atoms with Crippen molar-refractivity contribution in [3.8, 4) is 0 Å². The quantitative estimate of drug-likeness (QED) is 0.760. The van der Waals surface area contributed by atoms with Crippen LogP contribution in [-0.4, -0.2) is 16.9 Å². The molecule has 1 aliphatic rings. The molecule has 1 saturated carbocycles. The maximum Gasteiger partial charge on any atom is 0.252 e. The Morgan fingerprint density at radius 2 is 1.96 bits per heavy atom. The molecule has 0 spiro atoms. The van der Waals surface area contributed by atoms with Gasteiger partial charge in [0.2, 0.25) is 0 Å². The van der Waals surface area contributed by atoms with Crippen molar-refractivity contribution in [3.63, 3.8) is 0 Å². The summed E-state index contributed by atoms with van der Waals surface area (Å²) < 4.78 is 0. The van der Waals surface area contributed by atoms with Gasteiger partial charge in [-0.15, -0.1) is 0 Å². The molecule has 1 fully saturated rings. The zero-order valence-electron chi connectivity index (χ0n) is 14.2. The van der Waals surface area contributed by atoms with Gasteiger partial charge in [0, 0.05) is 18.3 Å². The van der Waals surface area contributed by atoms with Gasteiger partial charge in [-0.25, -0.2) is 4.98 Å². The highest BCUT2D eigenvalue weighted by molar-refractivity contribution is 6.03. The smallest absolute Gasteiger partial charge is 0.252 e. The molecule has 124 valence electrons. The van der Waals surface area contributed by atoms with E-state index < -0.39 is 0 Å². The van der Waals surface area contributed by atoms with Crippen molar-refractivity contribution in [2.75, 3.05) is 4.90 Å². The maximum absolute atomic E-state index is 12.9. The molecule has 3 heteroatoms. The second-order valence-electron chi connectivity index (χ2n) is 6.44. The van der Waals surface area contributed by atoms with Crippen LogP contribution in [-0.2, 0) is 4.79 Å². The van der Waals surface area contributed by atoms with E-state index in [1.807, 2.05) is 41.3 Å². The summed E-state index contributed by atoms with van der Waals surface area (Å²) in [6.07, 6.45) is 11.1. The number of rotatable bonds is 4. The van der Waals surface area contributed by atoms with Crippen LogP contribution in [0.25, 0.3) is 6.08 Å². The van der Waals surface area contributed by atoms with Gasteiger partial charge in [-0.3, -0.25) is 9.69 Å². The van der Waals surface area contributed by atoms with E-state index in [1.165, 1.54) is 24.8 Å². The number of amides is 1. The second kappa shape index (κ2) is 7.91. The highest BCUT2D eigenvalue weighted by Crippen LogP contribution is 2.26. The van der Waals surface area contributed by atoms with Crippen LogP contribution in [0.2, 0.25) is 0 Å². The molecule has 1 heterocycles. The predicted octanol–water partition coefficient (Wildman–Crippen LogP) is 4.77. The summed E-state index contributed by atoms with van der Waals surface area (Å²) in [6, 6.07) is 14.2. The molecule has 0 N–H and O–H groups in total. The molecule has 3 nitrogen and oxygen atoms in total. The minimum atomic E-state index is 0.0158. The molecule has 1 aromatic heterocycles. The number of aromatic nitrogens is 1. The summed E-state index contributed by atoms with van der Waals surface area (Å²) in [5.41, 5.74) is 2.24. The number of benzene rings is 1. The van der Waals surface area contributed by atoms with Crippen molar-refractivity contribution in [2.45, 2.75) is 45.1 Å². The zero-order chi connectivity index (χ0) is 16.8. The number of anilines is 1. The first-order valence-corrected chi connectivity index (χ1v) is 8.73. The van der Waals surface area contributed by atoms with Gasteiger partial charge in [0.05, 0.1) is 0 Å². The van der Waals surface area contributed by atoms with Gasteiger partial charge in [0.25, 0.3) is 5.91 Å². The Kier molecular flexibility index (Phi) is 5.42. The van der Waals surface area contributed by atoms with Crippen molar-refractivity contribution in [1.82, 2.24) is 4.98 Å². The molecule has 0 bridgehead atoms. The van der Waals surface area contributed by atoms with Crippen molar-refractivity contribution >= 4 is 17.8 Å². The van der Waals surface area contributed by atoms with Crippen LogP contribution >= 0.6 is 0 Å². The second-order valence-corrected chi connectivity index (χ2v) is 6.44. The molecule has 2 aromatic rings. The van der Waals surface area contributed by atoms with Crippen LogP contribution in [0.5, 0.6) is 0 Å². The van der Waals surface area contributed by atoms with E-state index in [2.05, 4.69) is 24.0 Å². The fourth-order valence-electron chi connectivity index (χ4n) is 3.34. The molecule has 1 aliphatic carbocycles. The van der Waals surface area contributed by atoms with Gasteiger partial charge >= 0.3 is 0 Å². The normalized spacial score (nSPS) is 15.5. The third-order valence-electron chi connectivity index (χ3n) is 4.53. The molecule has 0 unspecified atom stereocenters. The molecular formula is C21H24N2O. The number of nitrogens with zero attached hydrogens (tertiary/aromatic N) is 2. The van der Waals surface area contributed by atoms with E-state index in [9.17, 15) is 4.79 Å². The van der Waals surface area contributed by atoms with E-state index in [0.29, 0.717) is 0 Å². The number of pyridine rings is 1. The van der Waals surface area contributed by atoms with Crippen molar-refractivity contribution in [2.24, 2.45) is 0 Å². The Labute approximate surface area is 144 Å². The van der Waals surface area contributed by atoms with Crippen LogP contribution in [0.1, 0.15) is 43.2 Å². The highest BCUT2D eigenvalue weighted by Gasteiger charge is 2.26. The number of aryl methyl sites for hydroxylation is 1. The summed E-state index contributed by atoms with van der Waals surface area (Å²) >= 11 is 0. The summed E-state index contributed by atoms with van der Waals surface area (Å²) in [5.74, 6) is 0.769. The maximum atomic E-state index is 12.9. The Hall–Kier alpha value is -2.42. The molecule has 0 saturated heterocycles. The Balaban J connectivity index is 1.83. The van der Waals surface area contributed by atoms with E-state index in [4.69, 9.17) is 0 Å². The summed E-state index contributed by atoms with van der Waals surface area (Å²) in [5, 5.41) is 0. The van der Waals surface area contributed by atoms with Crippen LogP contribution in [0, 0.1) is 6.92 Å². The lowest BCUT2D eigenvalue weighted by Gasteiger charge is -2.32. The number of carbonyl (C=O) groups is 1. The van der Waals surface area contributed by atoms with Crippen LogP contribution < -0.4 is 4.90 Å². The molecular weight excluding hydrogens is 296 g/mol. The number of carbonyl (C=O) groups excluding carboxylic acids is 1. The van der Waals surface area contributed by atoms with Gasteiger partial charge in [-0.2, -0.15) is 0 Å². The Bertz CT molecular complexity index is 703. The van der Waals surface area contributed by atoms with Crippen molar-refractivity contribution in [3.05, 3.63) is 65.9 Å². The van der Waals surface area contributed by atoms with E-state index in [0.717, 1.165) is 24.2 Å². The van der Waals surface area contributed by atoms with Gasteiger partial charge in [0.15, 0.2) is 0 Å². The monoisotopic (exact) mass is 320 g/mol. The lowest BCUT2D eigenvalue weighted by molar-refractivity contribution is -0.114. The SMILES string of the molecule is Cc1cccc(C=CC(=O)N(c2ccccn2)C2CCCCC2)c1. The van der Waals surface area contributed by atoms with Crippen LogP contribution in [0.4, 0.5) is 5.82 Å². The molecule has 0 aliphatic heterocycles. The average Bonchev–Trinajstić information content (AvgIpc) is 2.62. The first-order chi connectivity index (χ1) is 11.7. The van der Waals surface area contributed by atoms with Gasteiger partial charge in [0.1, 0.15) is 5.82 Å². The standard InChI is InChI=1S/C21H24N2O/c1-17-8-7-9-18(16-17)13-14-21(24)23(19-10-3-2-4-11-19)20-12-5-6-15-22-20/h5-9,12-16,19H,2-4,10-11H2,1H3. The zero-order valence-corrected chi connectivity index (χ0v) is 14.2. The van der Waals surface area contributed by atoms with E-state index in [-0.39, 0.29) is 11.9 Å². The molecule has 0 atom stereocenters. The first kappa shape index (κ1) is 16.4. The molecule has 1 aromatic carbocycles.